The Balaban J connectivity index is 1.41. The number of fused-ring (bicyclic) bond motifs is 2. The lowest BCUT2D eigenvalue weighted by atomic mass is 10.1. The molecule has 7 heteroatoms. The molecule has 0 atom stereocenters. The summed E-state index contributed by atoms with van der Waals surface area (Å²) in [4.78, 5) is 25.7. The molecule has 0 aliphatic rings. The summed E-state index contributed by atoms with van der Waals surface area (Å²) >= 11 is 6.17. The van der Waals surface area contributed by atoms with Crippen molar-refractivity contribution in [2.24, 2.45) is 5.10 Å². The lowest BCUT2D eigenvalue weighted by molar-refractivity contribution is -0.121. The molecule has 0 fully saturated rings. The van der Waals surface area contributed by atoms with Gasteiger partial charge in [-0.1, -0.05) is 41.9 Å². The number of hydrazone groups is 1. The molecule has 0 saturated heterocycles. The van der Waals surface area contributed by atoms with Crippen LogP contribution >= 0.6 is 11.6 Å². The van der Waals surface area contributed by atoms with E-state index in [2.05, 4.69) is 15.1 Å². The molecule has 174 valence electrons. The van der Waals surface area contributed by atoms with Crippen molar-refractivity contribution < 1.29 is 4.79 Å². The summed E-state index contributed by atoms with van der Waals surface area (Å²) in [6.45, 7) is 4.03. The van der Waals surface area contributed by atoms with Crippen molar-refractivity contribution in [1.29, 1.82) is 0 Å². The van der Waals surface area contributed by atoms with Crippen LogP contribution < -0.4 is 10.9 Å². The van der Waals surface area contributed by atoms with Crippen LogP contribution in [0.2, 0.25) is 5.02 Å². The molecule has 2 heterocycles. The predicted octanol–water partition coefficient (Wildman–Crippen LogP) is 5.37. The molecule has 35 heavy (non-hydrogen) atoms. The van der Waals surface area contributed by atoms with Gasteiger partial charge in [0.15, 0.2) is 5.43 Å². The number of amides is 1. The fourth-order valence-corrected chi connectivity index (χ4v) is 4.72. The maximum Gasteiger partial charge on any atom is 0.260 e. The van der Waals surface area contributed by atoms with Crippen LogP contribution in [0.1, 0.15) is 17.0 Å². The minimum atomic E-state index is -0.288. The monoisotopic (exact) mass is 482 g/mol. The van der Waals surface area contributed by atoms with E-state index in [0.717, 1.165) is 22.6 Å². The van der Waals surface area contributed by atoms with Crippen molar-refractivity contribution in [2.45, 2.75) is 20.4 Å². The number of pyridine rings is 1. The predicted molar refractivity (Wildman–Crippen MR) is 142 cm³/mol. The molecule has 6 nitrogen and oxygen atoms in total. The van der Waals surface area contributed by atoms with Gasteiger partial charge in [-0.05, 0) is 62.4 Å². The molecule has 2 aromatic heterocycles. The zero-order chi connectivity index (χ0) is 24.5. The molecule has 0 unspecified atom stereocenters. The molecule has 5 aromatic rings. The molecule has 0 spiro atoms. The summed E-state index contributed by atoms with van der Waals surface area (Å²) in [6, 6.07) is 24.3. The summed E-state index contributed by atoms with van der Waals surface area (Å²) in [5.41, 5.74) is 7.88. The van der Waals surface area contributed by atoms with Crippen molar-refractivity contribution in [3.8, 4) is 5.69 Å². The minimum absolute atomic E-state index is 0.0280. The number of hydrogen-bond donors (Lipinski definition) is 1. The average Bonchev–Trinajstić information content (AvgIpc) is 3.14. The van der Waals surface area contributed by atoms with Gasteiger partial charge in [0.05, 0.1) is 17.2 Å². The maximum absolute atomic E-state index is 12.9. The minimum Gasteiger partial charge on any atom is -0.331 e. The number of rotatable bonds is 5. The molecule has 5 rings (SSSR count). The third-order valence-corrected chi connectivity index (χ3v) is 6.35. The summed E-state index contributed by atoms with van der Waals surface area (Å²) in [5.74, 6) is -0.288. The van der Waals surface area contributed by atoms with Crippen LogP contribution in [0.5, 0.6) is 0 Å². The van der Waals surface area contributed by atoms with Crippen molar-refractivity contribution in [3.63, 3.8) is 0 Å². The lowest BCUT2D eigenvalue weighted by Gasteiger charge is -2.14. The van der Waals surface area contributed by atoms with Gasteiger partial charge in [-0.3, -0.25) is 9.59 Å². The van der Waals surface area contributed by atoms with Gasteiger partial charge in [-0.15, -0.1) is 0 Å². The standard InChI is InChI=1S/C28H23ClN4O2/c1-18-14-20(19(2)33(18)22-9-7-8-21(29)15-22)16-30-31-27(34)17-32-25-12-5-3-10-23(25)28(35)24-11-4-6-13-26(24)32/h3-16H,17H2,1-2H3,(H,31,34)/b30-16-. The van der Waals surface area contributed by atoms with Crippen LogP contribution in [-0.2, 0) is 11.3 Å². The lowest BCUT2D eigenvalue weighted by Crippen LogP contribution is -2.25. The van der Waals surface area contributed by atoms with Crippen molar-refractivity contribution in [3.05, 3.63) is 111 Å². The Morgan fingerprint density at radius 3 is 2.26 bits per heavy atom. The van der Waals surface area contributed by atoms with Gasteiger partial charge in [-0.2, -0.15) is 5.10 Å². The Morgan fingerprint density at radius 2 is 1.60 bits per heavy atom. The fourth-order valence-electron chi connectivity index (χ4n) is 4.53. The van der Waals surface area contributed by atoms with Crippen LogP contribution in [-0.4, -0.2) is 21.3 Å². The highest BCUT2D eigenvalue weighted by atomic mass is 35.5. The van der Waals surface area contributed by atoms with Gasteiger partial charge in [0.1, 0.15) is 6.54 Å². The Hall–Kier alpha value is -4.16. The summed E-state index contributed by atoms with van der Waals surface area (Å²) in [7, 11) is 0. The van der Waals surface area contributed by atoms with Gasteiger partial charge in [0, 0.05) is 38.4 Å². The number of para-hydroxylation sites is 2. The molecular weight excluding hydrogens is 460 g/mol. The third kappa shape index (κ3) is 4.24. The Bertz CT molecular complexity index is 1620. The number of hydrogen-bond acceptors (Lipinski definition) is 3. The average molecular weight is 483 g/mol. The molecule has 0 saturated carbocycles. The smallest absolute Gasteiger partial charge is 0.260 e. The second-order valence-corrected chi connectivity index (χ2v) is 8.82. The van der Waals surface area contributed by atoms with E-state index < -0.39 is 0 Å². The van der Waals surface area contributed by atoms with Crippen LogP contribution in [0.25, 0.3) is 27.5 Å². The third-order valence-electron chi connectivity index (χ3n) is 6.11. The van der Waals surface area contributed by atoms with Gasteiger partial charge in [0.25, 0.3) is 5.91 Å². The van der Waals surface area contributed by atoms with Crippen LogP contribution in [0, 0.1) is 13.8 Å². The number of nitrogens with one attached hydrogen (secondary N) is 1. The molecule has 0 aliphatic carbocycles. The Kier molecular flexibility index (Phi) is 5.97. The van der Waals surface area contributed by atoms with Crippen molar-refractivity contribution >= 4 is 45.5 Å². The topological polar surface area (TPSA) is 68.4 Å². The molecule has 1 N–H and O–H groups in total. The zero-order valence-electron chi connectivity index (χ0n) is 19.3. The quantitative estimate of drug-likeness (QED) is 0.208. The highest BCUT2D eigenvalue weighted by molar-refractivity contribution is 6.30. The first-order chi connectivity index (χ1) is 16.9. The summed E-state index contributed by atoms with van der Waals surface area (Å²) in [5, 5.41) is 6.03. The molecule has 0 aliphatic heterocycles. The van der Waals surface area contributed by atoms with Crippen molar-refractivity contribution in [1.82, 2.24) is 14.6 Å². The van der Waals surface area contributed by atoms with Gasteiger partial charge in [-0.25, -0.2) is 5.43 Å². The number of benzene rings is 3. The fraction of sp³-hybridized carbons (Fsp3) is 0.107. The first-order valence-electron chi connectivity index (χ1n) is 11.2. The van der Waals surface area contributed by atoms with Crippen LogP contribution in [0.15, 0.2) is 88.8 Å². The van der Waals surface area contributed by atoms with E-state index >= 15 is 0 Å². The summed E-state index contributed by atoms with van der Waals surface area (Å²) in [6.07, 6.45) is 1.64. The molecular formula is C28H23ClN4O2. The van der Waals surface area contributed by atoms with E-state index in [0.29, 0.717) is 26.8 Å². The van der Waals surface area contributed by atoms with E-state index in [9.17, 15) is 9.59 Å². The van der Waals surface area contributed by atoms with Gasteiger partial charge >= 0.3 is 0 Å². The first-order valence-corrected chi connectivity index (χ1v) is 11.6. The number of nitrogens with zero attached hydrogens (tertiary/aromatic N) is 3. The SMILES string of the molecule is Cc1cc(/C=N\NC(=O)Cn2c3ccccc3c(=O)c3ccccc32)c(C)n1-c1cccc(Cl)c1. The van der Waals surface area contributed by atoms with Gasteiger partial charge < -0.3 is 9.13 Å². The Labute approximate surface area is 207 Å². The van der Waals surface area contributed by atoms with E-state index in [1.165, 1.54) is 0 Å². The second-order valence-electron chi connectivity index (χ2n) is 8.38. The summed E-state index contributed by atoms with van der Waals surface area (Å²) < 4.78 is 3.94. The molecule has 1 amide bonds. The molecule has 0 bridgehead atoms. The largest absolute Gasteiger partial charge is 0.331 e. The first kappa shape index (κ1) is 22.6. The van der Waals surface area contributed by atoms with E-state index in [1.54, 1.807) is 18.3 Å². The molecule has 0 radical (unpaired) electrons. The number of aryl methyl sites for hydroxylation is 1. The second kappa shape index (κ2) is 9.24. The number of aromatic nitrogens is 2. The van der Waals surface area contributed by atoms with E-state index in [1.807, 2.05) is 85.1 Å². The number of carbonyl (C=O) groups excluding carboxylic acids is 1. The number of halogens is 1. The maximum atomic E-state index is 12.9. The van der Waals surface area contributed by atoms with Crippen LogP contribution in [0.4, 0.5) is 0 Å². The normalized spacial score (nSPS) is 11.5. The zero-order valence-corrected chi connectivity index (χ0v) is 20.1. The van der Waals surface area contributed by atoms with E-state index in [4.69, 9.17) is 11.6 Å². The van der Waals surface area contributed by atoms with Crippen molar-refractivity contribution in [2.75, 3.05) is 0 Å². The molecule has 3 aromatic carbocycles. The van der Waals surface area contributed by atoms with E-state index in [-0.39, 0.29) is 17.9 Å². The van der Waals surface area contributed by atoms with Crippen LogP contribution in [0.3, 0.4) is 0 Å². The number of carbonyl (C=O) groups is 1. The highest BCUT2D eigenvalue weighted by Crippen LogP contribution is 2.22. The highest BCUT2D eigenvalue weighted by Gasteiger charge is 2.13. The Morgan fingerprint density at radius 1 is 0.943 bits per heavy atom. The van der Waals surface area contributed by atoms with Gasteiger partial charge in [0.2, 0.25) is 0 Å².